The third kappa shape index (κ3) is 7.12. The van der Waals surface area contributed by atoms with Crippen molar-refractivity contribution in [1.29, 1.82) is 0 Å². The van der Waals surface area contributed by atoms with Gasteiger partial charge >= 0.3 is 0 Å². The van der Waals surface area contributed by atoms with Crippen molar-refractivity contribution in [2.24, 2.45) is 0 Å². The molecule has 2 rings (SSSR count). The number of carbonyl (C=O) groups is 2. The third-order valence-corrected chi connectivity index (χ3v) is 4.24. The Labute approximate surface area is 174 Å². The number of amides is 2. The summed E-state index contributed by atoms with van der Waals surface area (Å²) in [6.07, 6.45) is 0.364. The van der Waals surface area contributed by atoms with Gasteiger partial charge in [0.05, 0.1) is 5.02 Å². The summed E-state index contributed by atoms with van der Waals surface area (Å²) in [5.74, 6) is -1.07. The maximum Gasteiger partial charge on any atom is 0.262 e. The van der Waals surface area contributed by atoms with Gasteiger partial charge in [-0.2, -0.15) is 0 Å². The molecular formula is C21H23ClFN3O3. The van der Waals surface area contributed by atoms with Crippen molar-refractivity contribution in [2.75, 3.05) is 32.1 Å². The Morgan fingerprint density at radius 3 is 2.48 bits per heavy atom. The van der Waals surface area contributed by atoms with Gasteiger partial charge in [0.2, 0.25) is 0 Å². The summed E-state index contributed by atoms with van der Waals surface area (Å²) in [6, 6.07) is 11.1. The highest BCUT2D eigenvalue weighted by atomic mass is 35.5. The van der Waals surface area contributed by atoms with E-state index < -0.39 is 11.7 Å². The maximum atomic E-state index is 13.3. The molecule has 0 aromatic heterocycles. The van der Waals surface area contributed by atoms with E-state index in [1.807, 2.05) is 31.1 Å². The molecule has 0 spiro atoms. The fraction of sp³-hybridized carbons (Fsp3) is 0.238. The van der Waals surface area contributed by atoms with Crippen molar-refractivity contribution in [1.82, 2.24) is 10.6 Å². The molecule has 0 fully saturated rings. The monoisotopic (exact) mass is 419 g/mol. The van der Waals surface area contributed by atoms with Gasteiger partial charge in [-0.05, 0) is 36.4 Å². The minimum Gasteiger partial charge on any atom is -0.484 e. The predicted molar refractivity (Wildman–Crippen MR) is 112 cm³/mol. The fourth-order valence-electron chi connectivity index (χ4n) is 2.35. The van der Waals surface area contributed by atoms with E-state index in [0.717, 1.165) is 11.8 Å². The van der Waals surface area contributed by atoms with Crippen LogP contribution >= 0.6 is 11.6 Å². The zero-order valence-corrected chi connectivity index (χ0v) is 17.1. The van der Waals surface area contributed by atoms with Gasteiger partial charge in [-0.1, -0.05) is 18.2 Å². The predicted octanol–water partition coefficient (Wildman–Crippen LogP) is 3.37. The van der Waals surface area contributed by atoms with Crippen LogP contribution in [0.25, 0.3) is 0 Å². The molecule has 0 radical (unpaired) electrons. The minimum absolute atomic E-state index is 0.0223. The third-order valence-electron chi connectivity index (χ3n) is 3.94. The topological polar surface area (TPSA) is 70.7 Å². The van der Waals surface area contributed by atoms with Crippen LogP contribution in [0.3, 0.4) is 0 Å². The molecule has 0 atom stereocenters. The van der Waals surface area contributed by atoms with E-state index in [0.29, 0.717) is 24.2 Å². The summed E-state index contributed by atoms with van der Waals surface area (Å²) in [6.45, 7) is 3.77. The van der Waals surface area contributed by atoms with Crippen molar-refractivity contribution < 1.29 is 18.7 Å². The lowest BCUT2D eigenvalue weighted by Gasteiger charge is -2.13. The fourth-order valence-corrected chi connectivity index (χ4v) is 2.47. The number of halogens is 2. The first-order valence-corrected chi connectivity index (χ1v) is 9.25. The molecule has 8 heteroatoms. The van der Waals surface area contributed by atoms with E-state index in [9.17, 15) is 14.0 Å². The van der Waals surface area contributed by atoms with E-state index in [-0.39, 0.29) is 23.3 Å². The van der Waals surface area contributed by atoms with Crippen LogP contribution in [0, 0.1) is 5.82 Å². The SMILES string of the molecule is C=C(CCNC(=O)c1ccc(N(C)C)cc1)NC(=O)COc1ccc(Cl)c(F)c1. The van der Waals surface area contributed by atoms with Gasteiger partial charge in [0.25, 0.3) is 11.8 Å². The van der Waals surface area contributed by atoms with Crippen LogP contribution in [-0.2, 0) is 4.79 Å². The highest BCUT2D eigenvalue weighted by Crippen LogP contribution is 2.20. The molecule has 154 valence electrons. The number of benzene rings is 2. The summed E-state index contributed by atoms with van der Waals surface area (Å²) in [4.78, 5) is 26.0. The van der Waals surface area contributed by atoms with Crippen LogP contribution in [0.1, 0.15) is 16.8 Å². The molecule has 0 bridgehead atoms. The number of anilines is 1. The number of hydrogen-bond donors (Lipinski definition) is 2. The van der Waals surface area contributed by atoms with Gasteiger partial charge in [-0.25, -0.2) is 4.39 Å². The van der Waals surface area contributed by atoms with Gasteiger partial charge in [0, 0.05) is 50.1 Å². The highest BCUT2D eigenvalue weighted by molar-refractivity contribution is 6.30. The molecule has 6 nitrogen and oxygen atoms in total. The summed E-state index contributed by atoms with van der Waals surface area (Å²) in [5, 5.41) is 5.32. The van der Waals surface area contributed by atoms with E-state index in [2.05, 4.69) is 17.2 Å². The molecule has 0 aliphatic carbocycles. The van der Waals surface area contributed by atoms with Crippen molar-refractivity contribution in [3.8, 4) is 5.75 Å². The molecule has 0 aliphatic heterocycles. The summed E-state index contributed by atoms with van der Waals surface area (Å²) in [5.41, 5.74) is 1.99. The molecule has 2 aromatic carbocycles. The molecule has 0 heterocycles. The van der Waals surface area contributed by atoms with Gasteiger partial charge in [-0.3, -0.25) is 9.59 Å². The van der Waals surface area contributed by atoms with Crippen LogP contribution < -0.4 is 20.3 Å². The first-order valence-electron chi connectivity index (χ1n) is 8.87. The van der Waals surface area contributed by atoms with E-state index >= 15 is 0 Å². The van der Waals surface area contributed by atoms with E-state index in [1.165, 1.54) is 12.1 Å². The molecule has 0 unspecified atom stereocenters. The smallest absolute Gasteiger partial charge is 0.262 e. The van der Waals surface area contributed by atoms with Crippen LogP contribution in [0.5, 0.6) is 5.75 Å². The van der Waals surface area contributed by atoms with Crippen molar-refractivity contribution in [3.63, 3.8) is 0 Å². The standard InChI is InChI=1S/C21H23ClFN3O3/c1-14(25-20(27)13-29-17-8-9-18(22)19(23)12-17)10-11-24-21(28)15-4-6-16(7-5-15)26(2)3/h4-9,12H,1,10-11,13H2,2-3H3,(H,24,28)(H,25,27). The normalized spacial score (nSPS) is 10.2. The number of nitrogens with one attached hydrogen (secondary N) is 2. The molecular weight excluding hydrogens is 397 g/mol. The van der Waals surface area contributed by atoms with Crippen molar-refractivity contribution >= 4 is 29.1 Å². The largest absolute Gasteiger partial charge is 0.484 e. The number of nitrogens with zero attached hydrogens (tertiary/aromatic N) is 1. The Morgan fingerprint density at radius 2 is 1.86 bits per heavy atom. The van der Waals surface area contributed by atoms with E-state index in [1.54, 1.807) is 12.1 Å². The quantitative estimate of drug-likeness (QED) is 0.653. The van der Waals surface area contributed by atoms with Crippen LogP contribution in [0.15, 0.2) is 54.7 Å². The lowest BCUT2D eigenvalue weighted by molar-refractivity contribution is -0.122. The summed E-state index contributed by atoms with van der Waals surface area (Å²) in [7, 11) is 3.85. The van der Waals surface area contributed by atoms with Gasteiger partial charge in [0.15, 0.2) is 6.61 Å². The van der Waals surface area contributed by atoms with Gasteiger partial charge in [-0.15, -0.1) is 0 Å². The van der Waals surface area contributed by atoms with Crippen molar-refractivity contribution in [2.45, 2.75) is 6.42 Å². The van der Waals surface area contributed by atoms with Gasteiger partial charge in [0.1, 0.15) is 11.6 Å². The van der Waals surface area contributed by atoms with E-state index in [4.69, 9.17) is 16.3 Å². The summed E-state index contributed by atoms with van der Waals surface area (Å²) < 4.78 is 18.5. The average Bonchev–Trinajstić information content (AvgIpc) is 2.68. The average molecular weight is 420 g/mol. The molecule has 0 saturated heterocycles. The highest BCUT2D eigenvalue weighted by Gasteiger charge is 2.08. The molecule has 0 saturated carbocycles. The first-order chi connectivity index (χ1) is 13.8. The first kappa shape index (κ1) is 22.2. The zero-order chi connectivity index (χ0) is 21.4. The lowest BCUT2D eigenvalue weighted by Crippen LogP contribution is -2.31. The molecule has 2 aromatic rings. The molecule has 2 N–H and O–H groups in total. The van der Waals surface area contributed by atoms with Crippen LogP contribution in [0.4, 0.5) is 10.1 Å². The Morgan fingerprint density at radius 1 is 1.17 bits per heavy atom. The second-order valence-electron chi connectivity index (χ2n) is 6.46. The molecule has 2 amide bonds. The Balaban J connectivity index is 1.69. The van der Waals surface area contributed by atoms with Gasteiger partial charge < -0.3 is 20.3 Å². The maximum absolute atomic E-state index is 13.3. The second-order valence-corrected chi connectivity index (χ2v) is 6.87. The minimum atomic E-state index is -0.624. The zero-order valence-electron chi connectivity index (χ0n) is 16.3. The number of carbonyl (C=O) groups excluding carboxylic acids is 2. The lowest BCUT2D eigenvalue weighted by atomic mass is 10.2. The Bertz CT molecular complexity index is 885. The number of hydrogen-bond acceptors (Lipinski definition) is 4. The summed E-state index contributed by atoms with van der Waals surface area (Å²) >= 11 is 5.59. The van der Waals surface area contributed by atoms with Crippen LogP contribution in [-0.4, -0.2) is 39.1 Å². The number of rotatable bonds is 9. The number of ether oxygens (including phenoxy) is 1. The Hall–Kier alpha value is -3.06. The second kappa shape index (κ2) is 10.5. The van der Waals surface area contributed by atoms with Crippen molar-refractivity contribution in [3.05, 3.63) is 71.1 Å². The molecule has 29 heavy (non-hydrogen) atoms. The van der Waals surface area contributed by atoms with Crippen LogP contribution in [0.2, 0.25) is 5.02 Å². The molecule has 0 aliphatic rings. The Kier molecular flexibility index (Phi) is 8.03.